The van der Waals surface area contributed by atoms with Crippen molar-refractivity contribution in [2.75, 3.05) is 6.54 Å². The molecule has 5 heteroatoms. The Morgan fingerprint density at radius 3 is 2.41 bits per heavy atom. The van der Waals surface area contributed by atoms with Gasteiger partial charge >= 0.3 is 0 Å². The van der Waals surface area contributed by atoms with E-state index in [1.807, 2.05) is 0 Å². The predicted octanol–water partition coefficient (Wildman–Crippen LogP) is -0.0198. The second-order valence-electron chi connectivity index (χ2n) is 5.15. The molecule has 1 aliphatic carbocycles. The Hall–Kier alpha value is -1.10. The van der Waals surface area contributed by atoms with Crippen molar-refractivity contribution in [1.29, 1.82) is 0 Å². The molecule has 3 unspecified atom stereocenters. The largest absolute Gasteiger partial charge is 0.368 e. The van der Waals surface area contributed by atoms with Crippen LogP contribution in [-0.2, 0) is 9.59 Å². The Kier molecular flexibility index (Phi) is 3.66. The van der Waals surface area contributed by atoms with Crippen LogP contribution in [0.5, 0.6) is 0 Å². The maximum absolute atomic E-state index is 12.4. The molecule has 17 heavy (non-hydrogen) atoms. The van der Waals surface area contributed by atoms with Crippen molar-refractivity contribution >= 4 is 11.8 Å². The van der Waals surface area contributed by atoms with Crippen molar-refractivity contribution in [3.05, 3.63) is 0 Å². The minimum atomic E-state index is -0.413. The zero-order valence-electron chi connectivity index (χ0n) is 10.1. The van der Waals surface area contributed by atoms with E-state index in [1.165, 1.54) is 0 Å². The van der Waals surface area contributed by atoms with E-state index < -0.39 is 6.04 Å². The van der Waals surface area contributed by atoms with Crippen LogP contribution in [0, 0.1) is 5.92 Å². The Labute approximate surface area is 102 Å². The lowest BCUT2D eigenvalue weighted by molar-refractivity contribution is -0.144. The van der Waals surface area contributed by atoms with E-state index in [4.69, 9.17) is 11.5 Å². The lowest BCUT2D eigenvalue weighted by Gasteiger charge is -2.36. The second-order valence-corrected chi connectivity index (χ2v) is 5.15. The monoisotopic (exact) mass is 239 g/mol. The summed E-state index contributed by atoms with van der Waals surface area (Å²) in [6.07, 6.45) is 5.38. The van der Waals surface area contributed by atoms with Crippen LogP contribution in [-0.4, -0.2) is 35.3 Å². The summed E-state index contributed by atoms with van der Waals surface area (Å²) in [5.74, 6) is -0.446. The zero-order valence-corrected chi connectivity index (χ0v) is 10.1. The molecule has 5 nitrogen and oxygen atoms in total. The number of primary amides is 1. The molecule has 1 heterocycles. The summed E-state index contributed by atoms with van der Waals surface area (Å²) in [4.78, 5) is 25.4. The van der Waals surface area contributed by atoms with Gasteiger partial charge in [0, 0.05) is 12.6 Å². The Morgan fingerprint density at radius 1 is 1.06 bits per heavy atom. The SMILES string of the molecule is NC(=O)C1CCCCN1C(=O)C1CCCC1N. The average Bonchev–Trinajstić information content (AvgIpc) is 2.74. The van der Waals surface area contributed by atoms with Crippen molar-refractivity contribution in [3.63, 3.8) is 0 Å². The third-order valence-corrected chi connectivity index (χ3v) is 4.00. The number of carbonyl (C=O) groups is 2. The number of piperidine rings is 1. The summed E-state index contributed by atoms with van der Waals surface area (Å²) >= 11 is 0. The molecule has 0 aromatic carbocycles. The van der Waals surface area contributed by atoms with Gasteiger partial charge in [-0.1, -0.05) is 6.42 Å². The molecule has 3 atom stereocenters. The maximum atomic E-state index is 12.4. The van der Waals surface area contributed by atoms with Gasteiger partial charge in [0.2, 0.25) is 11.8 Å². The number of likely N-dealkylation sites (tertiary alicyclic amines) is 1. The standard InChI is InChI=1S/C12H21N3O2/c13-9-5-3-4-8(9)12(17)15-7-2-1-6-10(15)11(14)16/h8-10H,1-7,13H2,(H2,14,16). The number of nitrogens with two attached hydrogens (primary N) is 2. The van der Waals surface area contributed by atoms with Crippen LogP contribution in [0.15, 0.2) is 0 Å². The van der Waals surface area contributed by atoms with E-state index in [2.05, 4.69) is 0 Å². The molecule has 0 spiro atoms. The van der Waals surface area contributed by atoms with Crippen molar-refractivity contribution in [2.45, 2.75) is 50.6 Å². The minimum absolute atomic E-state index is 0.0403. The molecule has 0 bridgehead atoms. The highest BCUT2D eigenvalue weighted by atomic mass is 16.2. The minimum Gasteiger partial charge on any atom is -0.368 e. The van der Waals surface area contributed by atoms with E-state index in [1.54, 1.807) is 4.90 Å². The molecule has 0 radical (unpaired) electrons. The number of hydrogen-bond acceptors (Lipinski definition) is 3. The third-order valence-electron chi connectivity index (χ3n) is 4.00. The first-order chi connectivity index (χ1) is 8.11. The molecular formula is C12H21N3O2. The normalized spacial score (nSPS) is 33.7. The topological polar surface area (TPSA) is 89.4 Å². The van der Waals surface area contributed by atoms with Crippen LogP contribution in [0.1, 0.15) is 38.5 Å². The number of nitrogens with zero attached hydrogens (tertiary/aromatic N) is 1. The number of carbonyl (C=O) groups excluding carboxylic acids is 2. The van der Waals surface area contributed by atoms with Gasteiger partial charge in [-0.3, -0.25) is 9.59 Å². The highest BCUT2D eigenvalue weighted by Crippen LogP contribution is 2.28. The van der Waals surface area contributed by atoms with E-state index >= 15 is 0 Å². The van der Waals surface area contributed by atoms with Crippen molar-refractivity contribution < 1.29 is 9.59 Å². The molecule has 0 aromatic rings. The first-order valence-corrected chi connectivity index (χ1v) is 6.46. The van der Waals surface area contributed by atoms with Crippen LogP contribution in [0.2, 0.25) is 0 Å². The molecule has 96 valence electrons. The van der Waals surface area contributed by atoms with E-state index in [-0.39, 0.29) is 23.8 Å². The quantitative estimate of drug-likeness (QED) is 0.709. The van der Waals surface area contributed by atoms with Crippen LogP contribution in [0.25, 0.3) is 0 Å². The molecule has 2 amide bonds. The lowest BCUT2D eigenvalue weighted by atomic mass is 9.96. The Morgan fingerprint density at radius 2 is 1.82 bits per heavy atom. The fraction of sp³-hybridized carbons (Fsp3) is 0.833. The summed E-state index contributed by atoms with van der Waals surface area (Å²) in [6, 6.07) is -0.456. The van der Waals surface area contributed by atoms with Crippen LogP contribution in [0.4, 0.5) is 0 Å². The van der Waals surface area contributed by atoms with Crippen LogP contribution < -0.4 is 11.5 Å². The first kappa shape index (κ1) is 12.4. The molecule has 1 saturated carbocycles. The van der Waals surface area contributed by atoms with Gasteiger partial charge in [-0.05, 0) is 32.1 Å². The Balaban J connectivity index is 2.08. The number of hydrogen-bond donors (Lipinski definition) is 2. The lowest BCUT2D eigenvalue weighted by Crippen LogP contribution is -2.53. The summed E-state index contributed by atoms with van der Waals surface area (Å²) < 4.78 is 0. The van der Waals surface area contributed by atoms with Gasteiger partial charge in [0.15, 0.2) is 0 Å². The first-order valence-electron chi connectivity index (χ1n) is 6.46. The molecule has 2 fully saturated rings. The van der Waals surface area contributed by atoms with Crippen LogP contribution >= 0.6 is 0 Å². The van der Waals surface area contributed by atoms with E-state index in [0.717, 1.165) is 32.1 Å². The maximum Gasteiger partial charge on any atom is 0.240 e. The number of rotatable bonds is 2. The van der Waals surface area contributed by atoms with Crippen molar-refractivity contribution in [3.8, 4) is 0 Å². The zero-order chi connectivity index (χ0) is 12.4. The molecule has 2 rings (SSSR count). The summed E-state index contributed by atoms with van der Waals surface area (Å²) in [7, 11) is 0. The van der Waals surface area contributed by atoms with Gasteiger partial charge in [-0.15, -0.1) is 0 Å². The molecule has 1 saturated heterocycles. The molecule has 0 aromatic heterocycles. The molecule has 1 aliphatic heterocycles. The number of amides is 2. The fourth-order valence-electron chi connectivity index (χ4n) is 3.00. The summed E-state index contributed by atoms with van der Waals surface area (Å²) in [6.45, 7) is 0.648. The molecule has 2 aliphatic rings. The fourth-order valence-corrected chi connectivity index (χ4v) is 3.00. The predicted molar refractivity (Wildman–Crippen MR) is 63.9 cm³/mol. The van der Waals surface area contributed by atoms with Gasteiger partial charge in [-0.2, -0.15) is 0 Å². The van der Waals surface area contributed by atoms with Crippen molar-refractivity contribution in [1.82, 2.24) is 4.90 Å². The van der Waals surface area contributed by atoms with E-state index in [9.17, 15) is 9.59 Å². The average molecular weight is 239 g/mol. The van der Waals surface area contributed by atoms with Gasteiger partial charge in [-0.25, -0.2) is 0 Å². The van der Waals surface area contributed by atoms with E-state index in [0.29, 0.717) is 13.0 Å². The van der Waals surface area contributed by atoms with Gasteiger partial charge in [0.05, 0.1) is 5.92 Å². The summed E-state index contributed by atoms with van der Waals surface area (Å²) in [5.41, 5.74) is 11.3. The Bertz CT molecular complexity index is 319. The van der Waals surface area contributed by atoms with Gasteiger partial charge in [0.1, 0.15) is 6.04 Å². The smallest absolute Gasteiger partial charge is 0.240 e. The van der Waals surface area contributed by atoms with Gasteiger partial charge in [0.25, 0.3) is 0 Å². The van der Waals surface area contributed by atoms with Gasteiger partial charge < -0.3 is 16.4 Å². The van der Waals surface area contributed by atoms with Crippen molar-refractivity contribution in [2.24, 2.45) is 17.4 Å². The highest BCUT2D eigenvalue weighted by Gasteiger charge is 2.38. The second kappa shape index (κ2) is 5.04. The summed E-state index contributed by atoms with van der Waals surface area (Å²) in [5, 5.41) is 0. The molecule has 4 N–H and O–H groups in total. The highest BCUT2D eigenvalue weighted by molar-refractivity contribution is 5.88. The third kappa shape index (κ3) is 2.44. The molecular weight excluding hydrogens is 218 g/mol. The van der Waals surface area contributed by atoms with Crippen LogP contribution in [0.3, 0.4) is 0 Å².